The number of nitrogens with zero attached hydrogens (tertiary/aromatic N) is 1. The minimum atomic E-state index is -0.202. The van der Waals surface area contributed by atoms with Crippen LogP contribution in [0, 0.1) is 5.82 Å². The van der Waals surface area contributed by atoms with Crippen molar-refractivity contribution in [2.45, 2.75) is 39.5 Å². The molecule has 26 heavy (non-hydrogen) atoms. The molecule has 2 rings (SSSR count). The third kappa shape index (κ3) is 7.23. The van der Waals surface area contributed by atoms with Gasteiger partial charge in [0.1, 0.15) is 5.82 Å². The zero-order valence-electron chi connectivity index (χ0n) is 15.8. The maximum atomic E-state index is 13.2. The van der Waals surface area contributed by atoms with Gasteiger partial charge >= 0.3 is 0 Å². The fourth-order valence-electron chi connectivity index (χ4n) is 2.52. The second kappa shape index (κ2) is 10.6. The number of ether oxygens (including phenoxy) is 1. The van der Waals surface area contributed by atoms with E-state index >= 15 is 0 Å². The Kier molecular flexibility index (Phi) is 8.09. The zero-order valence-corrected chi connectivity index (χ0v) is 15.8. The van der Waals surface area contributed by atoms with Gasteiger partial charge in [-0.15, -0.1) is 0 Å². The highest BCUT2D eigenvalue weighted by molar-refractivity contribution is 5.79. The lowest BCUT2D eigenvalue weighted by Gasteiger charge is -2.13. The summed E-state index contributed by atoms with van der Waals surface area (Å²) in [6.45, 7) is 6.04. The van der Waals surface area contributed by atoms with Gasteiger partial charge in [0.2, 0.25) is 0 Å². The monoisotopic (exact) mass is 357 g/mol. The van der Waals surface area contributed by atoms with Crippen molar-refractivity contribution in [3.05, 3.63) is 71.0 Å². The summed E-state index contributed by atoms with van der Waals surface area (Å²) in [6.07, 6.45) is 0.957. The van der Waals surface area contributed by atoms with E-state index in [4.69, 9.17) is 4.74 Å². The molecule has 0 saturated carbocycles. The first-order valence-electron chi connectivity index (χ1n) is 8.95. The molecule has 0 aliphatic rings. The van der Waals surface area contributed by atoms with Gasteiger partial charge in [-0.05, 0) is 49.1 Å². The van der Waals surface area contributed by atoms with Crippen molar-refractivity contribution in [3.63, 3.8) is 0 Å². The van der Waals surface area contributed by atoms with Crippen LogP contribution in [-0.2, 0) is 24.3 Å². The molecular weight excluding hydrogens is 329 g/mol. The largest absolute Gasteiger partial charge is 0.374 e. The van der Waals surface area contributed by atoms with Gasteiger partial charge in [0.05, 0.1) is 12.7 Å². The molecule has 0 fully saturated rings. The molecule has 2 N–H and O–H groups in total. The minimum Gasteiger partial charge on any atom is -0.374 e. The second-order valence-electron chi connectivity index (χ2n) is 6.41. The smallest absolute Gasteiger partial charge is 0.191 e. The van der Waals surface area contributed by atoms with Gasteiger partial charge < -0.3 is 15.4 Å². The molecule has 0 spiro atoms. The Bertz CT molecular complexity index is 716. The van der Waals surface area contributed by atoms with Crippen molar-refractivity contribution in [3.8, 4) is 0 Å². The molecule has 0 radical (unpaired) electrons. The van der Waals surface area contributed by atoms with E-state index in [1.807, 2.05) is 26.0 Å². The van der Waals surface area contributed by atoms with Crippen molar-refractivity contribution in [2.75, 3.05) is 13.6 Å². The summed E-state index contributed by atoms with van der Waals surface area (Å²) in [7, 11) is 1.74. The molecule has 0 bridgehead atoms. The molecule has 0 unspecified atom stereocenters. The van der Waals surface area contributed by atoms with Crippen LogP contribution in [0.25, 0.3) is 0 Å². The molecule has 0 atom stereocenters. The minimum absolute atomic E-state index is 0.202. The van der Waals surface area contributed by atoms with Crippen LogP contribution in [0.1, 0.15) is 30.5 Å². The van der Waals surface area contributed by atoms with Crippen LogP contribution in [0.15, 0.2) is 53.5 Å². The number of benzene rings is 2. The SMILES string of the molecule is CN=C(NCCc1cccc(F)c1)NCc1cccc(COC(C)C)c1. The first kappa shape index (κ1) is 19.9. The normalized spacial score (nSPS) is 11.7. The van der Waals surface area contributed by atoms with E-state index < -0.39 is 0 Å². The van der Waals surface area contributed by atoms with Crippen molar-refractivity contribution in [2.24, 2.45) is 4.99 Å². The van der Waals surface area contributed by atoms with Crippen LogP contribution in [0.5, 0.6) is 0 Å². The standard InChI is InChI=1S/C21H28FN3O/c1-16(2)26-15-19-8-4-7-18(12-19)14-25-21(23-3)24-11-10-17-6-5-9-20(22)13-17/h4-9,12-13,16H,10-11,14-15H2,1-3H3,(H2,23,24,25). The fourth-order valence-corrected chi connectivity index (χ4v) is 2.52. The molecular formula is C21H28FN3O. The van der Waals surface area contributed by atoms with E-state index in [-0.39, 0.29) is 11.9 Å². The van der Waals surface area contributed by atoms with Gasteiger partial charge in [0.25, 0.3) is 0 Å². The molecule has 2 aromatic rings. The lowest BCUT2D eigenvalue weighted by atomic mass is 10.1. The number of hydrogen-bond acceptors (Lipinski definition) is 2. The number of hydrogen-bond donors (Lipinski definition) is 2. The van der Waals surface area contributed by atoms with Crippen LogP contribution in [0.3, 0.4) is 0 Å². The van der Waals surface area contributed by atoms with Crippen molar-refractivity contribution >= 4 is 5.96 Å². The molecule has 0 aromatic heterocycles. The number of aliphatic imine (C=N–C) groups is 1. The summed E-state index contributed by atoms with van der Waals surface area (Å²) in [5.74, 6) is 0.525. The Morgan fingerprint density at radius 3 is 2.50 bits per heavy atom. The molecule has 4 nitrogen and oxygen atoms in total. The maximum absolute atomic E-state index is 13.2. The molecule has 2 aromatic carbocycles. The summed E-state index contributed by atoms with van der Waals surface area (Å²) in [5, 5.41) is 6.55. The fraction of sp³-hybridized carbons (Fsp3) is 0.381. The molecule has 140 valence electrons. The van der Waals surface area contributed by atoms with Gasteiger partial charge in [0, 0.05) is 20.1 Å². The van der Waals surface area contributed by atoms with Crippen LogP contribution < -0.4 is 10.6 Å². The third-order valence-corrected chi connectivity index (χ3v) is 3.85. The summed E-state index contributed by atoms with van der Waals surface area (Å²) in [6, 6.07) is 15.0. The van der Waals surface area contributed by atoms with Crippen molar-refractivity contribution < 1.29 is 9.13 Å². The second-order valence-corrected chi connectivity index (χ2v) is 6.41. The van der Waals surface area contributed by atoms with Crippen molar-refractivity contribution in [1.82, 2.24) is 10.6 Å². The van der Waals surface area contributed by atoms with Crippen LogP contribution in [0.2, 0.25) is 0 Å². The molecule has 0 heterocycles. The van der Waals surface area contributed by atoms with Gasteiger partial charge in [-0.2, -0.15) is 0 Å². The van der Waals surface area contributed by atoms with E-state index in [2.05, 4.69) is 33.8 Å². The van der Waals surface area contributed by atoms with E-state index in [9.17, 15) is 4.39 Å². The summed E-state index contributed by atoms with van der Waals surface area (Å²) < 4.78 is 18.8. The third-order valence-electron chi connectivity index (χ3n) is 3.85. The number of halogens is 1. The number of nitrogens with one attached hydrogen (secondary N) is 2. The first-order valence-corrected chi connectivity index (χ1v) is 8.95. The number of guanidine groups is 1. The Balaban J connectivity index is 1.78. The van der Waals surface area contributed by atoms with Crippen molar-refractivity contribution in [1.29, 1.82) is 0 Å². The molecule has 0 aliphatic heterocycles. The number of rotatable bonds is 8. The lowest BCUT2D eigenvalue weighted by Crippen LogP contribution is -2.37. The van der Waals surface area contributed by atoms with Crippen LogP contribution in [-0.4, -0.2) is 25.7 Å². The Morgan fingerprint density at radius 2 is 1.77 bits per heavy atom. The van der Waals surface area contributed by atoms with E-state index in [1.165, 1.54) is 11.6 Å². The van der Waals surface area contributed by atoms with Gasteiger partial charge in [-0.1, -0.05) is 36.4 Å². The van der Waals surface area contributed by atoms with E-state index in [1.54, 1.807) is 19.2 Å². The van der Waals surface area contributed by atoms with Gasteiger partial charge in [-0.3, -0.25) is 4.99 Å². The molecule has 0 aliphatic carbocycles. The highest BCUT2D eigenvalue weighted by Crippen LogP contribution is 2.08. The Hall–Kier alpha value is -2.40. The molecule has 5 heteroatoms. The Labute approximate surface area is 155 Å². The van der Waals surface area contributed by atoms with Crippen LogP contribution in [0.4, 0.5) is 4.39 Å². The highest BCUT2D eigenvalue weighted by atomic mass is 19.1. The van der Waals surface area contributed by atoms with Gasteiger partial charge in [0.15, 0.2) is 5.96 Å². The summed E-state index contributed by atoms with van der Waals surface area (Å²) in [5.41, 5.74) is 3.29. The average Bonchev–Trinajstić information content (AvgIpc) is 2.63. The highest BCUT2D eigenvalue weighted by Gasteiger charge is 2.02. The van der Waals surface area contributed by atoms with Gasteiger partial charge in [-0.25, -0.2) is 4.39 Å². The molecule has 0 amide bonds. The summed E-state index contributed by atoms with van der Waals surface area (Å²) in [4.78, 5) is 4.23. The maximum Gasteiger partial charge on any atom is 0.191 e. The van der Waals surface area contributed by atoms with Crippen LogP contribution >= 0.6 is 0 Å². The first-order chi connectivity index (χ1) is 12.6. The zero-order chi connectivity index (χ0) is 18.8. The quantitative estimate of drug-likeness (QED) is 0.560. The average molecular weight is 357 g/mol. The lowest BCUT2D eigenvalue weighted by molar-refractivity contribution is 0.0657. The predicted molar refractivity (Wildman–Crippen MR) is 105 cm³/mol. The van der Waals surface area contributed by atoms with E-state index in [0.717, 1.165) is 23.5 Å². The Morgan fingerprint density at radius 1 is 1.04 bits per heavy atom. The topological polar surface area (TPSA) is 45.7 Å². The summed E-state index contributed by atoms with van der Waals surface area (Å²) >= 11 is 0. The predicted octanol–water partition coefficient (Wildman–Crippen LogP) is 3.66. The molecule has 0 saturated heterocycles. The van der Waals surface area contributed by atoms with E-state index in [0.29, 0.717) is 19.7 Å².